The van der Waals surface area contributed by atoms with Crippen molar-refractivity contribution in [3.8, 4) is 0 Å². The van der Waals surface area contributed by atoms with Crippen molar-refractivity contribution in [2.75, 3.05) is 0 Å². The third-order valence-electron chi connectivity index (χ3n) is 2.79. The summed E-state index contributed by atoms with van der Waals surface area (Å²) in [6.07, 6.45) is 14.1. The van der Waals surface area contributed by atoms with Crippen molar-refractivity contribution in [2.24, 2.45) is 0 Å². The quantitative estimate of drug-likeness (QED) is 0.343. The van der Waals surface area contributed by atoms with E-state index in [-0.39, 0.29) is 0 Å². The van der Waals surface area contributed by atoms with Crippen LogP contribution in [0.1, 0.15) is 71.6 Å². The number of unbranched alkanes of at least 4 members (excludes halogenated alkanes) is 7. The van der Waals surface area contributed by atoms with E-state index in [1.54, 1.807) is 6.26 Å². The highest BCUT2D eigenvalue weighted by Gasteiger charge is 1.99. The Bertz CT molecular complexity index is 131. The van der Waals surface area contributed by atoms with Gasteiger partial charge in [0, 0.05) is 0 Å². The van der Waals surface area contributed by atoms with Gasteiger partial charge in [0.2, 0.25) is 0 Å². The van der Waals surface area contributed by atoms with E-state index >= 15 is 0 Å². The monoisotopic (exact) mass is 212 g/mol. The topological polar surface area (TPSA) is 9.23 Å². The Morgan fingerprint density at radius 2 is 1.53 bits per heavy atom. The zero-order chi connectivity index (χ0) is 11.4. The molecule has 0 bridgehead atoms. The fourth-order valence-corrected chi connectivity index (χ4v) is 1.80. The highest BCUT2D eigenvalue weighted by atomic mass is 16.5. The Hall–Kier alpha value is -0.460. The summed E-state index contributed by atoms with van der Waals surface area (Å²) < 4.78 is 5.27. The van der Waals surface area contributed by atoms with Crippen molar-refractivity contribution in [3.05, 3.63) is 12.8 Å². The maximum atomic E-state index is 5.27. The normalized spacial score (nSPS) is 12.4. The highest BCUT2D eigenvalue weighted by Crippen LogP contribution is 2.11. The zero-order valence-corrected chi connectivity index (χ0v) is 10.6. The van der Waals surface area contributed by atoms with Crippen LogP contribution in [0.25, 0.3) is 0 Å². The molecule has 0 aliphatic carbocycles. The minimum atomic E-state index is 0.350. The number of ether oxygens (including phenoxy) is 1. The van der Waals surface area contributed by atoms with Crippen LogP contribution in [0, 0.1) is 0 Å². The molecule has 0 saturated carbocycles. The van der Waals surface area contributed by atoms with Crippen LogP contribution in [0.3, 0.4) is 0 Å². The van der Waals surface area contributed by atoms with Crippen LogP contribution in [0.5, 0.6) is 0 Å². The van der Waals surface area contributed by atoms with E-state index in [9.17, 15) is 0 Å². The molecule has 0 rings (SSSR count). The van der Waals surface area contributed by atoms with Crippen molar-refractivity contribution in [1.82, 2.24) is 0 Å². The molecule has 0 amide bonds. The molecule has 0 aliphatic rings. The van der Waals surface area contributed by atoms with Crippen LogP contribution in [-0.4, -0.2) is 6.10 Å². The van der Waals surface area contributed by atoms with Gasteiger partial charge in [0.1, 0.15) is 0 Å². The molecule has 0 spiro atoms. The highest BCUT2D eigenvalue weighted by molar-refractivity contribution is 4.57. The first-order valence-electron chi connectivity index (χ1n) is 6.57. The minimum Gasteiger partial charge on any atom is -0.499 e. The Balaban J connectivity index is 3.01. The molecule has 0 heterocycles. The molecule has 1 atom stereocenters. The SMILES string of the molecule is C=COC(C)CCCCCCCCCC. The number of hydrogen-bond donors (Lipinski definition) is 0. The molecule has 0 fully saturated rings. The molecular formula is C14H28O. The second-order valence-corrected chi connectivity index (χ2v) is 4.38. The third-order valence-corrected chi connectivity index (χ3v) is 2.79. The molecule has 0 radical (unpaired) electrons. The van der Waals surface area contributed by atoms with E-state index in [2.05, 4.69) is 20.4 Å². The van der Waals surface area contributed by atoms with Crippen LogP contribution in [-0.2, 0) is 4.74 Å². The van der Waals surface area contributed by atoms with Gasteiger partial charge in [0.15, 0.2) is 0 Å². The Labute approximate surface area is 95.9 Å². The Morgan fingerprint density at radius 1 is 1.00 bits per heavy atom. The zero-order valence-electron chi connectivity index (χ0n) is 10.6. The predicted molar refractivity (Wildman–Crippen MR) is 68.0 cm³/mol. The van der Waals surface area contributed by atoms with Gasteiger partial charge in [-0.3, -0.25) is 0 Å². The lowest BCUT2D eigenvalue weighted by atomic mass is 10.1. The maximum Gasteiger partial charge on any atom is 0.0950 e. The standard InChI is InChI=1S/C14H28O/c1-4-6-7-8-9-10-11-12-13-14(3)15-5-2/h5,14H,2,4,6-13H2,1,3H3. The van der Waals surface area contributed by atoms with Gasteiger partial charge in [0.25, 0.3) is 0 Å². The smallest absolute Gasteiger partial charge is 0.0950 e. The summed E-state index contributed by atoms with van der Waals surface area (Å²) in [7, 11) is 0. The summed E-state index contributed by atoms with van der Waals surface area (Å²) in [5.41, 5.74) is 0. The first-order valence-corrected chi connectivity index (χ1v) is 6.57. The molecule has 0 aromatic rings. The van der Waals surface area contributed by atoms with Crippen LogP contribution in [0.2, 0.25) is 0 Å². The van der Waals surface area contributed by atoms with E-state index in [0.717, 1.165) is 0 Å². The summed E-state index contributed by atoms with van der Waals surface area (Å²) in [6, 6.07) is 0. The van der Waals surface area contributed by atoms with Gasteiger partial charge in [-0.25, -0.2) is 0 Å². The van der Waals surface area contributed by atoms with E-state index < -0.39 is 0 Å². The molecule has 0 aromatic carbocycles. The first kappa shape index (κ1) is 14.5. The fourth-order valence-electron chi connectivity index (χ4n) is 1.80. The van der Waals surface area contributed by atoms with Crippen molar-refractivity contribution < 1.29 is 4.74 Å². The maximum absolute atomic E-state index is 5.27. The van der Waals surface area contributed by atoms with Gasteiger partial charge in [-0.1, -0.05) is 58.4 Å². The van der Waals surface area contributed by atoms with Gasteiger partial charge >= 0.3 is 0 Å². The second-order valence-electron chi connectivity index (χ2n) is 4.38. The van der Waals surface area contributed by atoms with Crippen molar-refractivity contribution in [2.45, 2.75) is 77.7 Å². The predicted octanol–water partition coefficient (Wildman–Crippen LogP) is 5.07. The average Bonchev–Trinajstić information content (AvgIpc) is 2.22. The average molecular weight is 212 g/mol. The fraction of sp³-hybridized carbons (Fsp3) is 0.857. The van der Waals surface area contributed by atoms with Gasteiger partial charge in [-0.15, -0.1) is 0 Å². The lowest BCUT2D eigenvalue weighted by Gasteiger charge is -2.10. The molecule has 1 heteroatoms. The summed E-state index contributed by atoms with van der Waals surface area (Å²) in [5.74, 6) is 0. The molecular weight excluding hydrogens is 184 g/mol. The summed E-state index contributed by atoms with van der Waals surface area (Å²) >= 11 is 0. The minimum absolute atomic E-state index is 0.350. The lowest BCUT2D eigenvalue weighted by molar-refractivity contribution is 0.150. The van der Waals surface area contributed by atoms with Gasteiger partial charge in [-0.05, 0) is 19.8 Å². The van der Waals surface area contributed by atoms with Crippen molar-refractivity contribution in [1.29, 1.82) is 0 Å². The molecule has 0 N–H and O–H groups in total. The molecule has 0 saturated heterocycles. The Kier molecular flexibility index (Phi) is 11.3. The van der Waals surface area contributed by atoms with Crippen LogP contribution >= 0.6 is 0 Å². The van der Waals surface area contributed by atoms with E-state index in [0.29, 0.717) is 6.10 Å². The van der Waals surface area contributed by atoms with Crippen molar-refractivity contribution in [3.63, 3.8) is 0 Å². The van der Waals surface area contributed by atoms with Crippen molar-refractivity contribution >= 4 is 0 Å². The molecule has 0 aromatic heterocycles. The van der Waals surface area contributed by atoms with Gasteiger partial charge in [0.05, 0.1) is 12.4 Å². The summed E-state index contributed by atoms with van der Waals surface area (Å²) in [4.78, 5) is 0. The summed E-state index contributed by atoms with van der Waals surface area (Å²) in [6.45, 7) is 7.94. The number of hydrogen-bond acceptors (Lipinski definition) is 1. The third kappa shape index (κ3) is 11.5. The number of rotatable bonds is 11. The largest absolute Gasteiger partial charge is 0.499 e. The second kappa shape index (κ2) is 11.6. The lowest BCUT2D eigenvalue weighted by Crippen LogP contribution is -2.02. The summed E-state index contributed by atoms with van der Waals surface area (Å²) in [5, 5.41) is 0. The van der Waals surface area contributed by atoms with E-state index in [1.807, 2.05) is 0 Å². The van der Waals surface area contributed by atoms with Crippen LogP contribution in [0.4, 0.5) is 0 Å². The van der Waals surface area contributed by atoms with E-state index in [4.69, 9.17) is 4.74 Å². The molecule has 15 heavy (non-hydrogen) atoms. The van der Waals surface area contributed by atoms with Gasteiger partial charge in [-0.2, -0.15) is 0 Å². The Morgan fingerprint density at radius 3 is 2.07 bits per heavy atom. The molecule has 1 unspecified atom stereocenters. The first-order chi connectivity index (χ1) is 7.31. The van der Waals surface area contributed by atoms with Crippen LogP contribution < -0.4 is 0 Å². The van der Waals surface area contributed by atoms with E-state index in [1.165, 1.54) is 57.8 Å². The molecule has 0 aliphatic heterocycles. The van der Waals surface area contributed by atoms with Gasteiger partial charge < -0.3 is 4.74 Å². The molecule has 90 valence electrons. The molecule has 1 nitrogen and oxygen atoms in total. The van der Waals surface area contributed by atoms with Crippen LogP contribution in [0.15, 0.2) is 12.8 Å².